The van der Waals surface area contributed by atoms with E-state index >= 15 is 0 Å². The van der Waals surface area contributed by atoms with E-state index in [2.05, 4.69) is 46.0 Å². The lowest BCUT2D eigenvalue weighted by Crippen LogP contribution is -1.96. The van der Waals surface area contributed by atoms with Crippen molar-refractivity contribution >= 4 is 21.8 Å². The fraction of sp³-hybridized carbons (Fsp3) is 0. The highest BCUT2D eigenvalue weighted by Crippen LogP contribution is 2.33. The number of benzene rings is 3. The van der Waals surface area contributed by atoms with Gasteiger partial charge in [0.05, 0.1) is 28.4 Å². The Kier molecular flexibility index (Phi) is 3.83. The molecule has 29 heavy (non-hydrogen) atoms. The quantitative estimate of drug-likeness (QED) is 0.407. The average molecular weight is 370 g/mol. The zero-order valence-corrected chi connectivity index (χ0v) is 15.4. The number of hydrogen-bond donors (Lipinski definition) is 0. The Morgan fingerprint density at radius 2 is 1.38 bits per heavy atom. The Balaban J connectivity index is 1.83. The average Bonchev–Trinajstić information content (AvgIpc) is 3.13. The molecule has 4 nitrogen and oxygen atoms in total. The van der Waals surface area contributed by atoms with E-state index in [4.69, 9.17) is 0 Å². The highest BCUT2D eigenvalue weighted by atomic mass is 15.0. The topological polar surface area (TPSA) is 65.4 Å². The van der Waals surface area contributed by atoms with Gasteiger partial charge < -0.3 is 4.57 Å². The molecule has 0 unspecified atom stereocenters. The number of pyridine rings is 1. The molecule has 0 fully saturated rings. The van der Waals surface area contributed by atoms with Gasteiger partial charge in [0.25, 0.3) is 0 Å². The van der Waals surface area contributed by atoms with Gasteiger partial charge in [-0.05, 0) is 42.5 Å². The number of nitriles is 2. The zero-order valence-electron chi connectivity index (χ0n) is 15.4. The summed E-state index contributed by atoms with van der Waals surface area (Å²) in [4.78, 5) is 4.40. The number of aromatic nitrogens is 2. The number of hydrogen-bond acceptors (Lipinski definition) is 3. The molecule has 5 aromatic rings. The Morgan fingerprint density at radius 1 is 0.690 bits per heavy atom. The van der Waals surface area contributed by atoms with Crippen LogP contribution in [0.15, 0.2) is 84.9 Å². The van der Waals surface area contributed by atoms with Crippen molar-refractivity contribution in [2.45, 2.75) is 0 Å². The van der Waals surface area contributed by atoms with Crippen LogP contribution in [0.2, 0.25) is 0 Å². The van der Waals surface area contributed by atoms with E-state index < -0.39 is 0 Å². The molecule has 0 amide bonds. The van der Waals surface area contributed by atoms with Crippen molar-refractivity contribution in [3.05, 3.63) is 96.2 Å². The first-order valence-corrected chi connectivity index (χ1v) is 9.20. The molecule has 3 aromatic carbocycles. The second kappa shape index (κ2) is 6.64. The predicted octanol–water partition coefficient (Wildman–Crippen LogP) is 5.59. The lowest BCUT2D eigenvalue weighted by molar-refractivity contribution is 1.17. The molecule has 0 aliphatic heterocycles. The third-order valence-corrected chi connectivity index (χ3v) is 5.04. The van der Waals surface area contributed by atoms with Gasteiger partial charge in [0.1, 0.15) is 11.8 Å². The largest absolute Gasteiger partial charge is 0.309 e. The number of para-hydroxylation sites is 2. The van der Waals surface area contributed by atoms with Crippen LogP contribution >= 0.6 is 0 Å². The molecule has 0 saturated heterocycles. The van der Waals surface area contributed by atoms with E-state index in [9.17, 15) is 10.5 Å². The van der Waals surface area contributed by atoms with Gasteiger partial charge in [-0.25, -0.2) is 4.98 Å². The molecule has 0 N–H and O–H groups in total. The van der Waals surface area contributed by atoms with Crippen molar-refractivity contribution in [3.8, 4) is 29.1 Å². The highest BCUT2D eigenvalue weighted by Gasteiger charge is 2.13. The monoisotopic (exact) mass is 370 g/mol. The lowest BCUT2D eigenvalue weighted by atomic mass is 10.1. The molecule has 0 spiro atoms. The fourth-order valence-corrected chi connectivity index (χ4v) is 3.81. The molecule has 4 heteroatoms. The normalized spacial score (nSPS) is 10.7. The van der Waals surface area contributed by atoms with E-state index in [0.29, 0.717) is 17.0 Å². The van der Waals surface area contributed by atoms with Crippen LogP contribution in [0.3, 0.4) is 0 Å². The molecule has 0 aliphatic carbocycles. The van der Waals surface area contributed by atoms with Gasteiger partial charge in [0.15, 0.2) is 0 Å². The van der Waals surface area contributed by atoms with Crippen molar-refractivity contribution in [1.29, 1.82) is 10.5 Å². The summed E-state index contributed by atoms with van der Waals surface area (Å²) in [5.74, 6) is 0. The first-order chi connectivity index (χ1) is 14.3. The van der Waals surface area contributed by atoms with Crippen molar-refractivity contribution < 1.29 is 0 Å². The molecule has 0 aliphatic rings. The Bertz CT molecular complexity index is 1430. The first-order valence-electron chi connectivity index (χ1n) is 9.20. The minimum Gasteiger partial charge on any atom is -0.309 e. The predicted molar refractivity (Wildman–Crippen MR) is 113 cm³/mol. The Labute approximate surface area is 167 Å². The van der Waals surface area contributed by atoms with Crippen LogP contribution in [0.4, 0.5) is 0 Å². The number of nitrogens with zero attached hydrogens (tertiary/aromatic N) is 4. The van der Waals surface area contributed by atoms with Gasteiger partial charge >= 0.3 is 0 Å². The number of fused-ring (bicyclic) bond motifs is 3. The molecule has 0 atom stereocenters. The van der Waals surface area contributed by atoms with Gasteiger partial charge in [-0.2, -0.15) is 10.5 Å². The summed E-state index contributed by atoms with van der Waals surface area (Å²) in [5, 5.41) is 21.1. The molecule has 134 valence electrons. The van der Waals surface area contributed by atoms with E-state index in [1.54, 1.807) is 18.2 Å². The molecule has 5 rings (SSSR count). The van der Waals surface area contributed by atoms with Gasteiger partial charge in [-0.3, -0.25) is 0 Å². The minimum absolute atomic E-state index is 0.350. The van der Waals surface area contributed by atoms with Crippen molar-refractivity contribution in [2.75, 3.05) is 0 Å². The Hall–Kier alpha value is -4.41. The summed E-state index contributed by atoms with van der Waals surface area (Å²) < 4.78 is 2.17. The second-order valence-corrected chi connectivity index (χ2v) is 6.77. The summed E-state index contributed by atoms with van der Waals surface area (Å²) in [7, 11) is 0. The third-order valence-electron chi connectivity index (χ3n) is 5.04. The van der Waals surface area contributed by atoms with E-state index in [-0.39, 0.29) is 0 Å². The summed E-state index contributed by atoms with van der Waals surface area (Å²) in [6.45, 7) is 0. The van der Waals surface area contributed by atoms with Gasteiger partial charge in [0.2, 0.25) is 0 Å². The van der Waals surface area contributed by atoms with Crippen molar-refractivity contribution in [1.82, 2.24) is 9.55 Å². The van der Waals surface area contributed by atoms with Gasteiger partial charge in [-0.15, -0.1) is 0 Å². The molecule has 0 bridgehead atoms. The summed E-state index contributed by atoms with van der Waals surface area (Å²) in [6, 6.07) is 31.9. The van der Waals surface area contributed by atoms with Crippen LogP contribution in [0.1, 0.15) is 11.3 Å². The zero-order chi connectivity index (χ0) is 19.8. The van der Waals surface area contributed by atoms with E-state index in [0.717, 1.165) is 33.1 Å². The van der Waals surface area contributed by atoms with Crippen LogP contribution in [0, 0.1) is 22.7 Å². The Morgan fingerprint density at radius 3 is 2.03 bits per heavy atom. The first kappa shape index (κ1) is 16.7. The SMILES string of the molecule is N#Cc1cc(-c2cccc(C#N)n2)cc(-n2c3ccccc3c3ccccc32)c1. The smallest absolute Gasteiger partial charge is 0.141 e. The maximum atomic E-state index is 9.63. The van der Waals surface area contributed by atoms with E-state index in [1.807, 2.05) is 42.5 Å². The summed E-state index contributed by atoms with van der Waals surface area (Å²) in [6.07, 6.45) is 0. The second-order valence-electron chi connectivity index (χ2n) is 6.77. The molecular weight excluding hydrogens is 356 g/mol. The maximum absolute atomic E-state index is 9.63. The summed E-state index contributed by atoms with van der Waals surface area (Å²) >= 11 is 0. The minimum atomic E-state index is 0.350. The van der Waals surface area contributed by atoms with Crippen molar-refractivity contribution in [2.24, 2.45) is 0 Å². The van der Waals surface area contributed by atoms with Crippen LogP contribution in [-0.2, 0) is 0 Å². The number of rotatable bonds is 2. The highest BCUT2D eigenvalue weighted by molar-refractivity contribution is 6.09. The lowest BCUT2D eigenvalue weighted by Gasteiger charge is -2.11. The molecule has 2 heterocycles. The third kappa shape index (κ3) is 2.72. The maximum Gasteiger partial charge on any atom is 0.141 e. The standard InChI is InChI=1S/C25H14N4/c26-15-17-12-18(23-9-5-6-19(16-27)28-23)14-20(13-17)29-24-10-3-1-7-21(24)22-8-2-4-11-25(22)29/h1-14H. The van der Waals surface area contributed by atoms with Gasteiger partial charge in [-0.1, -0.05) is 42.5 Å². The van der Waals surface area contributed by atoms with Crippen molar-refractivity contribution in [3.63, 3.8) is 0 Å². The molecule has 0 saturated carbocycles. The fourth-order valence-electron chi connectivity index (χ4n) is 3.81. The summed E-state index contributed by atoms with van der Waals surface area (Å²) in [5.41, 5.74) is 5.41. The van der Waals surface area contributed by atoms with Crippen LogP contribution < -0.4 is 0 Å². The van der Waals surface area contributed by atoms with Gasteiger partial charge in [0, 0.05) is 22.0 Å². The van der Waals surface area contributed by atoms with Crippen LogP contribution in [0.5, 0.6) is 0 Å². The van der Waals surface area contributed by atoms with Crippen LogP contribution in [-0.4, -0.2) is 9.55 Å². The molecule has 0 radical (unpaired) electrons. The van der Waals surface area contributed by atoms with E-state index in [1.165, 1.54) is 0 Å². The molecular formula is C25H14N4. The van der Waals surface area contributed by atoms with Crippen LogP contribution in [0.25, 0.3) is 38.8 Å². The molecule has 2 aromatic heterocycles.